The van der Waals surface area contributed by atoms with E-state index in [2.05, 4.69) is 24.3 Å². The van der Waals surface area contributed by atoms with E-state index in [1.165, 1.54) is 0 Å². The molecule has 148 valence electrons. The van der Waals surface area contributed by atoms with E-state index >= 15 is 0 Å². The Hall–Kier alpha value is -0.991. The number of phenols is 2. The molecule has 0 unspecified atom stereocenters. The van der Waals surface area contributed by atoms with Crippen LogP contribution in [0, 0.1) is 12.2 Å². The van der Waals surface area contributed by atoms with Crippen LogP contribution in [0.2, 0.25) is 0 Å². The van der Waals surface area contributed by atoms with Gasteiger partial charge in [0.2, 0.25) is 0 Å². The number of para-hydroxylation sites is 2. The third kappa shape index (κ3) is 23.0. The van der Waals surface area contributed by atoms with Gasteiger partial charge in [0.05, 0.1) is 0 Å². The number of hydrogen-bond donors (Lipinski definition) is 2. The molecule has 0 fully saturated rings. The van der Waals surface area contributed by atoms with Gasteiger partial charge < -0.3 is 35.0 Å². The molecule has 2 aromatic rings. The first-order chi connectivity index (χ1) is 11.8. The van der Waals surface area contributed by atoms with Crippen molar-refractivity contribution in [3.63, 3.8) is 0 Å². The number of phenolic OH excluding ortho intramolecular Hbond substituents is 2. The summed E-state index contributed by atoms with van der Waals surface area (Å²) in [7, 11) is 0. The van der Waals surface area contributed by atoms with Crippen LogP contribution in [-0.4, -0.2) is 10.2 Å². The van der Waals surface area contributed by atoms with Gasteiger partial charge in [0.15, 0.2) is 0 Å². The van der Waals surface area contributed by atoms with Gasteiger partial charge in [-0.15, -0.1) is 12.8 Å². The summed E-state index contributed by atoms with van der Waals surface area (Å²) >= 11 is 0. The summed E-state index contributed by atoms with van der Waals surface area (Å²) in [5.41, 5.74) is 0. The van der Waals surface area contributed by atoms with Crippen molar-refractivity contribution in [2.75, 3.05) is 0 Å². The van der Waals surface area contributed by atoms with Gasteiger partial charge in [0, 0.05) is 43.4 Å². The van der Waals surface area contributed by atoms with Crippen molar-refractivity contribution in [2.45, 2.75) is 12.8 Å². The summed E-state index contributed by atoms with van der Waals surface area (Å²) in [6.07, 6.45) is 20.0. The van der Waals surface area contributed by atoms with Gasteiger partial charge in [-0.3, -0.25) is 12.2 Å². The van der Waals surface area contributed by atoms with E-state index in [9.17, 15) is 0 Å². The zero-order valence-corrected chi connectivity index (χ0v) is 19.9. The molecule has 2 aromatic carbocycles. The first-order valence-corrected chi connectivity index (χ1v) is 7.70. The fraction of sp³-hybridized carbons (Fsp3) is 0.0909. The van der Waals surface area contributed by atoms with Crippen molar-refractivity contribution < 1.29 is 78.5 Å². The van der Waals surface area contributed by atoms with Crippen LogP contribution in [0.1, 0.15) is 12.8 Å². The minimum absolute atomic E-state index is 0. The average Bonchev–Trinajstić information content (AvgIpc) is 3.36. The molecule has 4 rings (SSSR count). The van der Waals surface area contributed by atoms with E-state index in [1.807, 2.05) is 36.4 Å². The molecule has 2 N–H and O–H groups in total. The second-order valence-corrected chi connectivity index (χ2v) is 4.68. The Labute approximate surface area is 210 Å². The maximum Gasteiger partial charge on any atom is 0.115 e. The van der Waals surface area contributed by atoms with Crippen LogP contribution < -0.4 is 24.8 Å². The topological polar surface area (TPSA) is 40.5 Å². The predicted molar refractivity (Wildman–Crippen MR) is 99.4 cm³/mol. The molecular formula is C22H22Cl2O2Ti2-4. The fourth-order valence-electron chi connectivity index (χ4n) is 1.54. The molecule has 2 aliphatic carbocycles. The van der Waals surface area contributed by atoms with E-state index < -0.39 is 0 Å². The summed E-state index contributed by atoms with van der Waals surface area (Å²) in [4.78, 5) is 0. The summed E-state index contributed by atoms with van der Waals surface area (Å²) in [5.74, 6) is 0.644. The van der Waals surface area contributed by atoms with Crippen LogP contribution in [0.15, 0.2) is 97.1 Å². The second-order valence-electron chi connectivity index (χ2n) is 4.68. The number of benzene rings is 2. The minimum atomic E-state index is 0. The molecule has 0 saturated heterocycles. The van der Waals surface area contributed by atoms with Crippen molar-refractivity contribution in [2.24, 2.45) is 0 Å². The third-order valence-corrected chi connectivity index (χ3v) is 2.68. The Morgan fingerprint density at radius 2 is 0.893 bits per heavy atom. The van der Waals surface area contributed by atoms with Gasteiger partial charge in [0.1, 0.15) is 11.5 Å². The second kappa shape index (κ2) is 26.0. The maximum absolute atomic E-state index is 8.63. The van der Waals surface area contributed by atoms with Crippen molar-refractivity contribution in [1.29, 1.82) is 0 Å². The van der Waals surface area contributed by atoms with E-state index in [0.29, 0.717) is 11.5 Å². The van der Waals surface area contributed by atoms with E-state index in [4.69, 9.17) is 10.2 Å². The van der Waals surface area contributed by atoms with Crippen LogP contribution in [0.25, 0.3) is 0 Å². The number of aromatic hydroxyl groups is 2. The quantitative estimate of drug-likeness (QED) is 0.387. The number of allylic oxidation sites excluding steroid dienone is 8. The van der Waals surface area contributed by atoms with Crippen molar-refractivity contribution >= 4 is 0 Å². The van der Waals surface area contributed by atoms with Gasteiger partial charge in [-0.1, -0.05) is 36.4 Å². The molecule has 0 bridgehead atoms. The Kier molecular flexibility index (Phi) is 32.1. The van der Waals surface area contributed by atoms with E-state index in [1.54, 1.807) is 48.5 Å². The Morgan fingerprint density at radius 3 is 1.00 bits per heavy atom. The third-order valence-electron chi connectivity index (χ3n) is 2.68. The van der Waals surface area contributed by atoms with Gasteiger partial charge in [-0.2, -0.15) is 12.2 Å². The first-order valence-electron chi connectivity index (χ1n) is 7.70. The van der Waals surface area contributed by atoms with Gasteiger partial charge in [-0.05, 0) is 24.3 Å². The molecule has 0 saturated carbocycles. The normalized spacial score (nSPS) is 10.6. The molecule has 0 aliphatic heterocycles. The van der Waals surface area contributed by atoms with Crippen LogP contribution in [0.3, 0.4) is 0 Å². The number of hydrogen-bond acceptors (Lipinski definition) is 2. The monoisotopic (exact) mass is 484 g/mol. The molecule has 2 aliphatic rings. The summed E-state index contributed by atoms with van der Waals surface area (Å²) < 4.78 is 0. The molecule has 0 spiro atoms. The minimum Gasteiger partial charge on any atom is -1.00 e. The zero-order chi connectivity index (χ0) is 17.3. The first kappa shape index (κ1) is 34.5. The largest absolute Gasteiger partial charge is 1.00 e. The van der Waals surface area contributed by atoms with Crippen LogP contribution in [-0.2, 0) is 43.4 Å². The van der Waals surface area contributed by atoms with E-state index in [-0.39, 0.29) is 68.2 Å². The summed E-state index contributed by atoms with van der Waals surface area (Å²) in [6, 6.07) is 17.4. The van der Waals surface area contributed by atoms with Crippen molar-refractivity contribution in [1.82, 2.24) is 0 Å². The molecule has 0 heterocycles. The molecule has 0 aromatic heterocycles. The van der Waals surface area contributed by atoms with Crippen LogP contribution >= 0.6 is 0 Å². The fourth-order valence-corrected chi connectivity index (χ4v) is 1.54. The number of halogens is 2. The molecule has 28 heavy (non-hydrogen) atoms. The maximum atomic E-state index is 8.63. The summed E-state index contributed by atoms with van der Waals surface area (Å²) in [6.45, 7) is 0. The Bertz CT molecular complexity index is 579. The molecular weight excluding hydrogens is 463 g/mol. The van der Waals surface area contributed by atoms with Gasteiger partial charge in [-0.25, -0.2) is 24.3 Å². The molecule has 6 heteroatoms. The average molecular weight is 485 g/mol. The smallest absolute Gasteiger partial charge is 0.115 e. The standard InChI is InChI=1S/2C6H6O.2C5H5.2ClH.2Ti/c2*7-6-4-2-1-3-5-6;2*1-2-4-5-3-1;;;;/h2*1-5,7H;2*1-3H,4H2;2*1H;;/q;;2*-1;;;;/p-2. The predicted octanol–water partition coefficient (Wildman–Crippen LogP) is -0.601. The molecule has 0 atom stereocenters. The Morgan fingerprint density at radius 1 is 0.571 bits per heavy atom. The van der Waals surface area contributed by atoms with E-state index in [0.717, 1.165) is 12.8 Å². The molecule has 0 radical (unpaired) electrons. The summed E-state index contributed by atoms with van der Waals surface area (Å²) in [5, 5.41) is 17.3. The van der Waals surface area contributed by atoms with Crippen molar-refractivity contribution in [3.05, 3.63) is 109 Å². The SMILES string of the molecule is Oc1ccccc1.Oc1ccccc1.[C-]1=CC=CC1.[C-]1=CC=CC1.[Cl-].[Cl-].[Ti].[Ti]. The van der Waals surface area contributed by atoms with Crippen LogP contribution in [0.5, 0.6) is 11.5 Å². The van der Waals surface area contributed by atoms with Gasteiger partial charge in [0.25, 0.3) is 0 Å². The molecule has 2 nitrogen and oxygen atoms in total. The molecule has 0 amide bonds. The Balaban J connectivity index is -0.000000132. The number of rotatable bonds is 0. The van der Waals surface area contributed by atoms with Gasteiger partial charge >= 0.3 is 0 Å². The zero-order valence-electron chi connectivity index (χ0n) is 15.3. The van der Waals surface area contributed by atoms with Crippen LogP contribution in [0.4, 0.5) is 0 Å². The van der Waals surface area contributed by atoms with Crippen molar-refractivity contribution in [3.8, 4) is 11.5 Å².